The van der Waals surface area contributed by atoms with E-state index in [0.29, 0.717) is 40.3 Å². The van der Waals surface area contributed by atoms with Crippen LogP contribution in [0.15, 0.2) is 58.1 Å². The van der Waals surface area contributed by atoms with Gasteiger partial charge in [-0.25, -0.2) is 9.38 Å². The Morgan fingerprint density at radius 3 is 2.40 bits per heavy atom. The highest BCUT2D eigenvalue weighted by atomic mass is 35.5. The average Bonchev–Trinajstić information content (AvgIpc) is 3.37. The molecule has 1 amide bonds. The van der Waals surface area contributed by atoms with Crippen molar-refractivity contribution in [3.05, 3.63) is 80.1 Å². The number of rotatable bonds is 7. The van der Waals surface area contributed by atoms with Crippen LogP contribution in [0.4, 0.5) is 4.39 Å². The molecule has 47 heavy (non-hydrogen) atoms. The van der Waals surface area contributed by atoms with Gasteiger partial charge < -0.3 is 9.80 Å². The zero-order valence-corrected chi connectivity index (χ0v) is 29.9. The summed E-state index contributed by atoms with van der Waals surface area (Å²) in [6.07, 6.45) is 4.07. The Hall–Kier alpha value is -2.43. The van der Waals surface area contributed by atoms with E-state index in [1.165, 1.54) is 17.8 Å². The fourth-order valence-electron chi connectivity index (χ4n) is 8.10. The number of nitrogens with zero attached hydrogens (tertiary/aromatic N) is 5. The van der Waals surface area contributed by atoms with Crippen LogP contribution in [-0.2, 0) is 15.1 Å². The Morgan fingerprint density at radius 1 is 1.06 bits per heavy atom. The van der Waals surface area contributed by atoms with E-state index in [4.69, 9.17) is 28.2 Å². The van der Waals surface area contributed by atoms with Gasteiger partial charge in [0.15, 0.2) is 17.0 Å². The minimum Gasteiger partial charge on any atom is -0.338 e. The van der Waals surface area contributed by atoms with Crippen LogP contribution in [0.5, 0.6) is 0 Å². The number of fused-ring (bicyclic) bond motifs is 1. The molecule has 2 aromatic carbocycles. The van der Waals surface area contributed by atoms with Crippen molar-refractivity contribution in [2.45, 2.75) is 82.6 Å². The molecule has 7 rings (SSSR count). The normalized spacial score (nSPS) is 28.0. The lowest BCUT2D eigenvalue weighted by atomic mass is 9.81. The molecule has 0 radical (unpaired) electrons. The van der Waals surface area contributed by atoms with Crippen LogP contribution in [0, 0.1) is 11.7 Å². The van der Waals surface area contributed by atoms with Gasteiger partial charge >= 0.3 is 0 Å². The zero-order valence-electron chi connectivity index (χ0n) is 27.6. The number of hydrogen-bond donors (Lipinski definition) is 0. The molecular weight excluding hydrogens is 656 g/mol. The summed E-state index contributed by atoms with van der Waals surface area (Å²) in [6, 6.07) is 11.2. The van der Waals surface area contributed by atoms with Crippen LogP contribution in [-0.4, -0.2) is 87.3 Å². The van der Waals surface area contributed by atoms with Crippen LogP contribution in [0.1, 0.15) is 70.5 Å². The van der Waals surface area contributed by atoms with E-state index in [2.05, 4.69) is 42.5 Å². The van der Waals surface area contributed by atoms with Crippen molar-refractivity contribution in [2.24, 2.45) is 10.9 Å². The number of carbonyl (C=O) groups excluding carboxylic acids is 2. The number of likely N-dealkylation sites (tertiary alicyclic amines) is 1. The molecule has 2 aromatic rings. The first-order valence-corrected chi connectivity index (χ1v) is 18.2. The fraction of sp³-hybridized carbons (Fsp3) is 0.528. The number of aliphatic imine (C=N–C) groups is 1. The molecule has 250 valence electrons. The third-order valence-electron chi connectivity index (χ3n) is 11.0. The van der Waals surface area contributed by atoms with Crippen molar-refractivity contribution in [1.29, 1.82) is 0 Å². The summed E-state index contributed by atoms with van der Waals surface area (Å²) in [5.74, 6) is -0.835. The summed E-state index contributed by atoms with van der Waals surface area (Å²) in [6.45, 7) is 11.1. The number of thioether (sulfide) groups is 1. The quantitative estimate of drug-likeness (QED) is 0.288. The van der Waals surface area contributed by atoms with Gasteiger partial charge in [-0.2, -0.15) is 0 Å². The third-order valence-corrected chi connectivity index (χ3v) is 12.7. The van der Waals surface area contributed by atoms with E-state index in [0.717, 1.165) is 43.5 Å². The van der Waals surface area contributed by atoms with Crippen molar-refractivity contribution < 1.29 is 14.0 Å². The molecular formula is C36H42Cl2FN5O2S. The van der Waals surface area contributed by atoms with Gasteiger partial charge in [-0.15, -0.1) is 0 Å². The minimum atomic E-state index is -0.891. The van der Waals surface area contributed by atoms with E-state index in [9.17, 15) is 4.79 Å². The van der Waals surface area contributed by atoms with Crippen LogP contribution in [0.2, 0.25) is 10.0 Å². The molecule has 1 spiro atoms. The van der Waals surface area contributed by atoms with Gasteiger partial charge in [0, 0.05) is 41.9 Å². The number of carbonyl (C=O) groups is 2. The molecule has 1 saturated carbocycles. The molecule has 7 nitrogen and oxygen atoms in total. The fourth-order valence-corrected chi connectivity index (χ4v) is 9.72. The zero-order chi connectivity index (χ0) is 33.4. The average molecular weight is 699 g/mol. The van der Waals surface area contributed by atoms with Crippen molar-refractivity contribution in [1.82, 2.24) is 19.6 Å². The van der Waals surface area contributed by atoms with Gasteiger partial charge in [0.2, 0.25) is 5.91 Å². The maximum atomic E-state index is 15.1. The van der Waals surface area contributed by atoms with E-state index in [1.807, 2.05) is 42.2 Å². The van der Waals surface area contributed by atoms with Crippen LogP contribution in [0.3, 0.4) is 0 Å². The molecule has 2 saturated heterocycles. The molecule has 1 aliphatic carbocycles. The van der Waals surface area contributed by atoms with Crippen LogP contribution >= 0.6 is 35.0 Å². The highest BCUT2D eigenvalue weighted by Crippen LogP contribution is 2.56. The Morgan fingerprint density at radius 2 is 1.79 bits per heavy atom. The Bertz CT molecular complexity index is 1680. The van der Waals surface area contributed by atoms with Crippen LogP contribution in [0.25, 0.3) is 0 Å². The van der Waals surface area contributed by atoms with Gasteiger partial charge in [0.25, 0.3) is 0 Å². The summed E-state index contributed by atoms with van der Waals surface area (Å²) in [7, 11) is 2.14. The molecule has 0 N–H and O–H groups in total. The molecule has 4 heterocycles. The largest absolute Gasteiger partial charge is 0.338 e. The SMILES string of the molecule is CC(C)C1=C(C(=O)C(C(=O)N2CCN(C)C3(CC3)C2)N2CCC[C@H]2C)SC2=N[C@@](C)(c3ccc(Cl)cc3)[C@@H](c3ccc(Cl)c(F)c3)N21. The van der Waals surface area contributed by atoms with Crippen molar-refractivity contribution in [3.8, 4) is 0 Å². The highest BCUT2D eigenvalue weighted by Gasteiger charge is 2.56. The lowest BCUT2D eigenvalue weighted by molar-refractivity contribution is -0.144. The number of halogens is 3. The van der Waals surface area contributed by atoms with Gasteiger partial charge in [0.1, 0.15) is 11.4 Å². The number of amidine groups is 1. The predicted octanol–water partition coefficient (Wildman–Crippen LogP) is 7.10. The number of likely N-dealkylation sites (N-methyl/N-ethyl adjacent to an activating group) is 1. The monoisotopic (exact) mass is 697 g/mol. The number of Topliss-reactive ketones (excluding diaryl/α,β-unsaturated/α-hetero) is 1. The summed E-state index contributed by atoms with van der Waals surface area (Å²) >= 11 is 13.8. The van der Waals surface area contributed by atoms with Crippen molar-refractivity contribution in [3.63, 3.8) is 0 Å². The van der Waals surface area contributed by atoms with Gasteiger partial charge in [-0.3, -0.25) is 19.4 Å². The Balaban J connectivity index is 1.31. The van der Waals surface area contributed by atoms with E-state index in [1.54, 1.807) is 6.07 Å². The molecule has 4 aliphatic heterocycles. The lowest BCUT2D eigenvalue weighted by Gasteiger charge is -2.42. The molecule has 0 bridgehead atoms. The first-order chi connectivity index (χ1) is 22.3. The first kappa shape index (κ1) is 33.1. The Kier molecular flexibility index (Phi) is 8.56. The van der Waals surface area contributed by atoms with Crippen molar-refractivity contribution in [2.75, 3.05) is 33.2 Å². The van der Waals surface area contributed by atoms with Gasteiger partial charge in [0.05, 0.1) is 16.0 Å². The minimum absolute atomic E-state index is 0.0466. The van der Waals surface area contributed by atoms with Crippen molar-refractivity contribution >= 4 is 51.8 Å². The molecule has 0 aromatic heterocycles. The summed E-state index contributed by atoms with van der Waals surface area (Å²) < 4.78 is 15.1. The highest BCUT2D eigenvalue weighted by molar-refractivity contribution is 8.18. The number of allylic oxidation sites excluding steroid dienone is 1. The second-order valence-electron chi connectivity index (χ2n) is 14.4. The van der Waals surface area contributed by atoms with Gasteiger partial charge in [-0.1, -0.05) is 55.2 Å². The second kappa shape index (κ2) is 12.2. The summed E-state index contributed by atoms with van der Waals surface area (Å²) in [5, 5.41) is 1.33. The van der Waals surface area contributed by atoms with E-state index < -0.39 is 23.4 Å². The summed E-state index contributed by atoms with van der Waals surface area (Å²) in [4.78, 5) is 44.0. The topological polar surface area (TPSA) is 59.5 Å². The number of amides is 1. The maximum Gasteiger partial charge on any atom is 0.248 e. The van der Waals surface area contributed by atoms with Crippen LogP contribution < -0.4 is 0 Å². The maximum absolute atomic E-state index is 15.1. The van der Waals surface area contributed by atoms with E-state index >= 15 is 9.18 Å². The number of benzene rings is 2. The molecule has 3 fully saturated rings. The lowest BCUT2D eigenvalue weighted by Crippen LogP contribution is -2.61. The van der Waals surface area contributed by atoms with Gasteiger partial charge in [-0.05, 0) is 106 Å². The van der Waals surface area contributed by atoms with E-state index in [-0.39, 0.29) is 34.2 Å². The second-order valence-corrected chi connectivity index (χ2v) is 16.2. The first-order valence-electron chi connectivity index (χ1n) is 16.7. The molecule has 1 unspecified atom stereocenters. The number of ketones is 1. The predicted molar refractivity (Wildman–Crippen MR) is 187 cm³/mol. The smallest absolute Gasteiger partial charge is 0.248 e. The molecule has 5 aliphatic rings. The molecule has 11 heteroatoms. The third kappa shape index (κ3) is 5.54. The number of hydrogen-bond acceptors (Lipinski definition) is 7. The standard InChI is InChI=1S/C36H42Cl2FN5O2S/c1-21(2)28-31(30(45)29(43-16-6-7-22(43)3)33(46)42-18-17-41(5)36(20-42)14-15-36)47-34-40-35(4,24-9-11-25(37)12-10-24)32(44(28)34)23-8-13-26(38)27(39)19-23/h8-13,19,21-22,29,32H,6-7,14-18,20H2,1-5H3/t22-,29?,32-,35+/m1/s1. The number of piperazine rings is 1. The summed E-state index contributed by atoms with van der Waals surface area (Å²) in [5.41, 5.74) is 1.66. The molecule has 4 atom stereocenters. The Labute approximate surface area is 291 Å².